The van der Waals surface area contributed by atoms with Crippen molar-refractivity contribution in [2.24, 2.45) is 5.92 Å². The lowest BCUT2D eigenvalue weighted by molar-refractivity contribution is -0.337. The number of rotatable bonds is 2. The molecule has 2 fully saturated rings. The van der Waals surface area contributed by atoms with Crippen LogP contribution in [-0.2, 0) is 19.1 Å². The fraction of sp³-hybridized carbons (Fsp3) is 0.462. The molecule has 2 aliphatic rings. The van der Waals surface area contributed by atoms with Crippen LogP contribution in [0.2, 0.25) is 0 Å². The molecule has 0 amide bonds. The van der Waals surface area contributed by atoms with Gasteiger partial charge in [0.15, 0.2) is 0 Å². The molecule has 6 nitrogen and oxygen atoms in total. The second-order valence-electron chi connectivity index (χ2n) is 4.68. The van der Waals surface area contributed by atoms with Gasteiger partial charge >= 0.3 is 6.16 Å². The topological polar surface area (TPSA) is 57.2 Å². The van der Waals surface area contributed by atoms with E-state index >= 15 is 0 Å². The summed E-state index contributed by atoms with van der Waals surface area (Å²) in [6.45, 7) is 0.896. The summed E-state index contributed by atoms with van der Waals surface area (Å²) >= 11 is 0. The third-order valence-corrected chi connectivity index (χ3v) is 3.47. The van der Waals surface area contributed by atoms with E-state index in [0.717, 1.165) is 10.8 Å². The third-order valence-electron chi connectivity index (χ3n) is 3.47. The number of ether oxygens (including phenoxy) is 2. The van der Waals surface area contributed by atoms with Crippen LogP contribution in [0.3, 0.4) is 0 Å². The van der Waals surface area contributed by atoms with Gasteiger partial charge in [-0.05, 0) is 22.9 Å². The predicted octanol–water partition coefficient (Wildman–Crippen LogP) is 1.83. The number of hydroxylamine groups is 2. The standard InChI is InChI=1S/C13H14FNO5/c1-17-13(16)20-15-11-9(7-19-15)6-18-12(11)8-2-4-10(14)5-3-8/h2-5,9,11-12H,6-7H2,1H3/t9-,11+,12-/m0/s1. The Morgan fingerprint density at radius 3 is 2.80 bits per heavy atom. The lowest BCUT2D eigenvalue weighted by Gasteiger charge is -2.24. The Labute approximate surface area is 114 Å². The second-order valence-corrected chi connectivity index (χ2v) is 4.68. The summed E-state index contributed by atoms with van der Waals surface area (Å²) in [5, 5.41) is 1.12. The fourth-order valence-electron chi connectivity index (χ4n) is 2.50. The number of hydrogen-bond donors (Lipinski definition) is 0. The Morgan fingerprint density at radius 1 is 1.35 bits per heavy atom. The minimum atomic E-state index is -0.851. The highest BCUT2D eigenvalue weighted by atomic mass is 19.1. The average molecular weight is 283 g/mol. The Hall–Kier alpha value is -1.70. The second kappa shape index (κ2) is 5.35. The van der Waals surface area contributed by atoms with E-state index in [4.69, 9.17) is 14.4 Å². The highest BCUT2D eigenvalue weighted by molar-refractivity contribution is 5.59. The predicted molar refractivity (Wildman–Crippen MR) is 63.7 cm³/mol. The minimum absolute atomic E-state index is 0.0923. The number of hydrogen-bond acceptors (Lipinski definition) is 6. The van der Waals surface area contributed by atoms with Crippen molar-refractivity contribution < 1.29 is 28.3 Å². The Bertz CT molecular complexity index is 494. The van der Waals surface area contributed by atoms with Crippen LogP contribution in [-0.4, -0.2) is 37.7 Å². The molecule has 1 aromatic carbocycles. The van der Waals surface area contributed by atoms with Crippen molar-refractivity contribution in [3.05, 3.63) is 35.6 Å². The molecular weight excluding hydrogens is 269 g/mol. The molecule has 0 aromatic heterocycles. The molecule has 3 atom stereocenters. The van der Waals surface area contributed by atoms with Crippen molar-refractivity contribution in [3.63, 3.8) is 0 Å². The maximum atomic E-state index is 13.0. The quantitative estimate of drug-likeness (QED) is 0.772. The smallest absolute Gasteiger partial charge is 0.436 e. The molecule has 20 heavy (non-hydrogen) atoms. The molecule has 0 spiro atoms. The van der Waals surface area contributed by atoms with Gasteiger partial charge in [0.05, 0.1) is 20.3 Å². The maximum Gasteiger partial charge on any atom is 0.529 e. The van der Waals surface area contributed by atoms with E-state index in [1.54, 1.807) is 12.1 Å². The Morgan fingerprint density at radius 2 is 2.10 bits per heavy atom. The molecular formula is C13H14FNO5. The molecule has 2 heterocycles. The first-order valence-corrected chi connectivity index (χ1v) is 6.24. The number of carbonyl (C=O) groups excluding carboxylic acids is 1. The van der Waals surface area contributed by atoms with E-state index in [9.17, 15) is 9.18 Å². The molecule has 0 N–H and O–H groups in total. The SMILES string of the molecule is COC(=O)ON1OC[C@@H]2CO[C@@H](c3ccc(F)cc3)[C@@H]21. The zero-order valence-electron chi connectivity index (χ0n) is 10.8. The molecule has 0 saturated carbocycles. The van der Waals surface area contributed by atoms with Crippen LogP contribution in [0.25, 0.3) is 0 Å². The van der Waals surface area contributed by atoms with Crippen LogP contribution in [0, 0.1) is 11.7 Å². The molecule has 0 radical (unpaired) electrons. The first-order chi connectivity index (χ1) is 9.69. The molecule has 3 rings (SSSR count). The summed E-state index contributed by atoms with van der Waals surface area (Å²) in [6.07, 6.45) is -1.19. The number of nitrogens with zero attached hydrogens (tertiary/aromatic N) is 1. The van der Waals surface area contributed by atoms with Gasteiger partial charge in [-0.25, -0.2) is 9.18 Å². The van der Waals surface area contributed by atoms with Crippen molar-refractivity contribution in [3.8, 4) is 0 Å². The first-order valence-electron chi connectivity index (χ1n) is 6.24. The molecule has 0 unspecified atom stereocenters. The zero-order chi connectivity index (χ0) is 14.1. The largest absolute Gasteiger partial charge is 0.529 e. The molecule has 108 valence electrons. The van der Waals surface area contributed by atoms with Crippen LogP contribution >= 0.6 is 0 Å². The Balaban J connectivity index is 1.78. The third kappa shape index (κ3) is 2.35. The highest BCUT2D eigenvalue weighted by Gasteiger charge is 2.49. The number of methoxy groups -OCH3 is 1. The molecule has 7 heteroatoms. The van der Waals surface area contributed by atoms with Crippen molar-refractivity contribution in [2.45, 2.75) is 12.1 Å². The van der Waals surface area contributed by atoms with Gasteiger partial charge in [0.25, 0.3) is 0 Å². The van der Waals surface area contributed by atoms with Gasteiger partial charge in [-0.2, -0.15) is 0 Å². The number of carbonyl (C=O) groups is 1. The monoisotopic (exact) mass is 283 g/mol. The van der Waals surface area contributed by atoms with Crippen molar-refractivity contribution >= 4 is 6.16 Å². The van der Waals surface area contributed by atoms with E-state index in [1.165, 1.54) is 19.2 Å². The van der Waals surface area contributed by atoms with Gasteiger partial charge < -0.3 is 14.3 Å². The molecule has 2 aliphatic heterocycles. The average Bonchev–Trinajstić information content (AvgIpc) is 3.03. The molecule has 2 saturated heterocycles. The van der Waals surface area contributed by atoms with Gasteiger partial charge in [0, 0.05) is 5.92 Å². The summed E-state index contributed by atoms with van der Waals surface area (Å²) in [7, 11) is 1.22. The van der Waals surface area contributed by atoms with Crippen LogP contribution in [0.5, 0.6) is 0 Å². The van der Waals surface area contributed by atoms with Crippen LogP contribution in [0.1, 0.15) is 11.7 Å². The maximum absolute atomic E-state index is 13.0. The van der Waals surface area contributed by atoms with Gasteiger partial charge in [-0.15, -0.1) is 0 Å². The number of benzene rings is 1. The summed E-state index contributed by atoms with van der Waals surface area (Å²) < 4.78 is 23.1. The van der Waals surface area contributed by atoms with E-state index in [2.05, 4.69) is 4.74 Å². The van der Waals surface area contributed by atoms with Crippen LogP contribution in [0.4, 0.5) is 9.18 Å². The van der Waals surface area contributed by atoms with Gasteiger partial charge in [0.2, 0.25) is 0 Å². The zero-order valence-corrected chi connectivity index (χ0v) is 10.8. The van der Waals surface area contributed by atoms with E-state index < -0.39 is 6.16 Å². The fourth-order valence-corrected chi connectivity index (χ4v) is 2.50. The van der Waals surface area contributed by atoms with Crippen molar-refractivity contribution in [1.29, 1.82) is 0 Å². The lowest BCUT2D eigenvalue weighted by Crippen LogP contribution is -2.36. The molecule has 0 aliphatic carbocycles. The minimum Gasteiger partial charge on any atom is -0.436 e. The van der Waals surface area contributed by atoms with E-state index in [-0.39, 0.29) is 23.9 Å². The Kier molecular flexibility index (Phi) is 3.56. The number of fused-ring (bicyclic) bond motifs is 1. The summed E-state index contributed by atoms with van der Waals surface area (Å²) in [4.78, 5) is 21.5. The van der Waals surface area contributed by atoms with Crippen molar-refractivity contribution in [1.82, 2.24) is 5.23 Å². The summed E-state index contributed by atoms with van der Waals surface area (Å²) in [5.41, 5.74) is 0.808. The first kappa shape index (κ1) is 13.3. The van der Waals surface area contributed by atoms with Crippen molar-refractivity contribution in [2.75, 3.05) is 20.3 Å². The highest BCUT2D eigenvalue weighted by Crippen LogP contribution is 2.40. The van der Waals surface area contributed by atoms with Gasteiger partial charge in [-0.1, -0.05) is 12.1 Å². The molecule has 1 aromatic rings. The number of halogens is 1. The van der Waals surface area contributed by atoms with E-state index in [0.29, 0.717) is 13.2 Å². The van der Waals surface area contributed by atoms with Gasteiger partial charge in [0.1, 0.15) is 18.0 Å². The van der Waals surface area contributed by atoms with Crippen LogP contribution < -0.4 is 0 Å². The van der Waals surface area contributed by atoms with Crippen LogP contribution in [0.15, 0.2) is 24.3 Å². The van der Waals surface area contributed by atoms with E-state index in [1.807, 2.05) is 0 Å². The van der Waals surface area contributed by atoms with Gasteiger partial charge in [-0.3, -0.25) is 4.84 Å². The lowest BCUT2D eigenvalue weighted by atomic mass is 9.96. The molecule has 0 bridgehead atoms. The summed E-state index contributed by atoms with van der Waals surface area (Å²) in [6, 6.07) is 5.77. The summed E-state index contributed by atoms with van der Waals surface area (Å²) in [5.74, 6) is -0.219. The normalized spacial score (nSPS) is 29.2.